The van der Waals surface area contributed by atoms with Crippen molar-refractivity contribution in [3.05, 3.63) is 102 Å². The molecule has 6 nitrogen and oxygen atoms in total. The molecule has 1 aliphatic rings. The molecule has 1 fully saturated rings. The summed E-state index contributed by atoms with van der Waals surface area (Å²) in [7, 11) is 0. The third-order valence-corrected chi connectivity index (χ3v) is 6.30. The number of H-pyrrole nitrogens is 1. The van der Waals surface area contributed by atoms with Crippen LogP contribution in [0.2, 0.25) is 0 Å². The summed E-state index contributed by atoms with van der Waals surface area (Å²) >= 11 is 0. The normalized spacial score (nSPS) is 13.9. The first kappa shape index (κ1) is 29.6. The van der Waals surface area contributed by atoms with Gasteiger partial charge in [0.05, 0.1) is 29.0 Å². The Labute approximate surface area is 230 Å². The molecule has 9 heteroatoms. The highest BCUT2D eigenvalue weighted by molar-refractivity contribution is 5.93. The fraction of sp³-hybridized carbons (Fsp3) is 0.259. The molecule has 1 N–H and O–H groups in total. The lowest BCUT2D eigenvalue weighted by atomic mass is 9.96. The van der Waals surface area contributed by atoms with Crippen LogP contribution in [-0.2, 0) is 4.74 Å². The van der Waals surface area contributed by atoms with Crippen LogP contribution in [0, 0.1) is 0 Å². The highest BCUT2D eigenvalue weighted by Gasteiger charge is 2.26. The SMILES string of the molecule is Cl.Cl.Cl.O=C(OCCN1CCN(C(c2ccccc2)c2ccccc2)CC1)c1ccc2nc[nH]c2c1. The van der Waals surface area contributed by atoms with Crippen LogP contribution in [0.3, 0.4) is 0 Å². The van der Waals surface area contributed by atoms with Gasteiger partial charge in [-0.2, -0.15) is 0 Å². The second-order valence-corrected chi connectivity index (χ2v) is 8.37. The summed E-state index contributed by atoms with van der Waals surface area (Å²) in [5.74, 6) is -0.293. The predicted octanol–water partition coefficient (Wildman–Crippen LogP) is 5.39. The van der Waals surface area contributed by atoms with Crippen molar-refractivity contribution < 1.29 is 9.53 Å². The molecule has 1 aromatic heterocycles. The maximum atomic E-state index is 12.4. The number of aromatic nitrogens is 2. The zero-order valence-electron chi connectivity index (χ0n) is 19.8. The standard InChI is InChI=1S/C27H28N4O2.3ClH/c32-27(23-11-12-24-25(19-23)29-20-28-24)33-18-17-30-13-15-31(16-14-30)26(21-7-3-1-4-8-21)22-9-5-2-6-10-22;;;/h1-12,19-20,26H,13-18H2,(H,28,29);3*1H. The van der Waals surface area contributed by atoms with Gasteiger partial charge in [-0.25, -0.2) is 9.78 Å². The molecule has 0 saturated carbocycles. The van der Waals surface area contributed by atoms with E-state index in [4.69, 9.17) is 4.74 Å². The van der Waals surface area contributed by atoms with Crippen LogP contribution in [0.25, 0.3) is 11.0 Å². The fourth-order valence-corrected chi connectivity index (χ4v) is 4.54. The number of hydrogen-bond acceptors (Lipinski definition) is 5. The quantitative estimate of drug-likeness (QED) is 0.313. The number of rotatable bonds is 7. The topological polar surface area (TPSA) is 61.5 Å². The van der Waals surface area contributed by atoms with Crippen molar-refractivity contribution in [1.29, 1.82) is 0 Å². The Morgan fingerprint density at radius 3 is 2.08 bits per heavy atom. The average molecular weight is 550 g/mol. The molecule has 4 aromatic rings. The lowest BCUT2D eigenvalue weighted by Crippen LogP contribution is -2.48. The Hall–Kier alpha value is -2.61. The van der Waals surface area contributed by atoms with Crippen molar-refractivity contribution in [3.8, 4) is 0 Å². The van der Waals surface area contributed by atoms with E-state index in [1.165, 1.54) is 11.1 Å². The highest BCUT2D eigenvalue weighted by Crippen LogP contribution is 2.29. The first-order valence-corrected chi connectivity index (χ1v) is 11.4. The number of nitrogens with one attached hydrogen (secondary N) is 1. The van der Waals surface area contributed by atoms with E-state index in [1.54, 1.807) is 18.5 Å². The average Bonchev–Trinajstić information content (AvgIpc) is 3.34. The van der Waals surface area contributed by atoms with Gasteiger partial charge in [0.25, 0.3) is 0 Å². The van der Waals surface area contributed by atoms with Gasteiger partial charge in [-0.1, -0.05) is 60.7 Å². The number of imidazole rings is 1. The lowest BCUT2D eigenvalue weighted by Gasteiger charge is -2.39. The highest BCUT2D eigenvalue weighted by atomic mass is 35.5. The molecule has 0 amide bonds. The van der Waals surface area contributed by atoms with Gasteiger partial charge >= 0.3 is 5.97 Å². The molecule has 0 bridgehead atoms. The smallest absolute Gasteiger partial charge is 0.338 e. The van der Waals surface area contributed by atoms with E-state index < -0.39 is 0 Å². The van der Waals surface area contributed by atoms with Crippen LogP contribution < -0.4 is 0 Å². The molecule has 3 aromatic carbocycles. The number of esters is 1. The summed E-state index contributed by atoms with van der Waals surface area (Å²) < 4.78 is 5.54. The Kier molecular flexibility index (Phi) is 11.7. The van der Waals surface area contributed by atoms with Crippen molar-refractivity contribution in [1.82, 2.24) is 19.8 Å². The molecule has 0 aliphatic carbocycles. The number of halogens is 3. The molecular formula is C27H31Cl3N4O2. The molecule has 36 heavy (non-hydrogen) atoms. The van der Waals surface area contributed by atoms with Crippen LogP contribution in [0.5, 0.6) is 0 Å². The first-order valence-electron chi connectivity index (χ1n) is 11.4. The summed E-state index contributed by atoms with van der Waals surface area (Å²) in [6.45, 7) is 4.98. The molecular weight excluding hydrogens is 519 g/mol. The van der Waals surface area contributed by atoms with Gasteiger partial charge < -0.3 is 9.72 Å². The first-order chi connectivity index (χ1) is 16.3. The molecule has 0 spiro atoms. The summed E-state index contributed by atoms with van der Waals surface area (Å²) in [4.78, 5) is 24.6. The molecule has 1 saturated heterocycles. The van der Waals surface area contributed by atoms with E-state index >= 15 is 0 Å². The Morgan fingerprint density at radius 2 is 1.47 bits per heavy atom. The van der Waals surface area contributed by atoms with Gasteiger partial charge in [0, 0.05) is 32.7 Å². The van der Waals surface area contributed by atoms with Crippen molar-refractivity contribution in [2.75, 3.05) is 39.3 Å². The Balaban J connectivity index is 0.00000152. The van der Waals surface area contributed by atoms with Crippen LogP contribution >= 0.6 is 37.2 Å². The summed E-state index contributed by atoms with van der Waals surface area (Å²) in [5.41, 5.74) is 4.87. The molecule has 2 heterocycles. The van der Waals surface area contributed by atoms with Crippen LogP contribution in [-0.4, -0.2) is 65.1 Å². The van der Waals surface area contributed by atoms with Crippen LogP contribution in [0.15, 0.2) is 85.2 Å². The number of nitrogens with zero attached hydrogens (tertiary/aromatic N) is 3. The third-order valence-electron chi connectivity index (χ3n) is 6.30. The van der Waals surface area contributed by atoms with E-state index in [0.717, 1.165) is 43.8 Å². The maximum absolute atomic E-state index is 12.4. The van der Waals surface area contributed by atoms with E-state index in [1.807, 2.05) is 6.07 Å². The molecule has 192 valence electrons. The van der Waals surface area contributed by atoms with Gasteiger partial charge in [0.1, 0.15) is 6.61 Å². The second-order valence-electron chi connectivity index (χ2n) is 8.37. The number of piperazine rings is 1. The van der Waals surface area contributed by atoms with Gasteiger partial charge in [-0.05, 0) is 29.3 Å². The van der Waals surface area contributed by atoms with E-state index in [9.17, 15) is 4.79 Å². The van der Waals surface area contributed by atoms with Gasteiger partial charge in [-0.15, -0.1) is 37.2 Å². The fourth-order valence-electron chi connectivity index (χ4n) is 4.54. The zero-order valence-corrected chi connectivity index (χ0v) is 22.2. The second kappa shape index (κ2) is 14.2. The van der Waals surface area contributed by atoms with Crippen molar-refractivity contribution in [2.24, 2.45) is 0 Å². The molecule has 0 atom stereocenters. The molecule has 0 unspecified atom stereocenters. The zero-order chi connectivity index (χ0) is 22.5. The van der Waals surface area contributed by atoms with Crippen molar-refractivity contribution >= 4 is 54.2 Å². The van der Waals surface area contributed by atoms with Crippen molar-refractivity contribution in [3.63, 3.8) is 0 Å². The Bertz CT molecular complexity index is 1160. The maximum Gasteiger partial charge on any atom is 0.338 e. The summed E-state index contributed by atoms with van der Waals surface area (Å²) in [5, 5.41) is 0. The third kappa shape index (κ3) is 6.99. The van der Waals surface area contributed by atoms with E-state index in [-0.39, 0.29) is 49.2 Å². The number of benzene rings is 3. The van der Waals surface area contributed by atoms with E-state index in [0.29, 0.717) is 12.2 Å². The van der Waals surface area contributed by atoms with Gasteiger partial charge in [0.2, 0.25) is 0 Å². The number of ether oxygens (including phenoxy) is 1. The van der Waals surface area contributed by atoms with Crippen molar-refractivity contribution in [2.45, 2.75) is 6.04 Å². The number of aromatic amines is 1. The number of fused-ring (bicyclic) bond motifs is 1. The molecule has 0 radical (unpaired) electrons. The lowest BCUT2D eigenvalue weighted by molar-refractivity contribution is 0.0407. The monoisotopic (exact) mass is 548 g/mol. The number of carbonyl (C=O) groups is 1. The minimum Gasteiger partial charge on any atom is -0.461 e. The Morgan fingerprint density at radius 1 is 0.861 bits per heavy atom. The summed E-state index contributed by atoms with van der Waals surface area (Å²) in [6, 6.07) is 27.1. The van der Waals surface area contributed by atoms with Gasteiger partial charge in [0.15, 0.2) is 0 Å². The predicted molar refractivity (Wildman–Crippen MR) is 151 cm³/mol. The molecule has 5 rings (SSSR count). The molecule has 1 aliphatic heterocycles. The number of carbonyl (C=O) groups excluding carboxylic acids is 1. The van der Waals surface area contributed by atoms with Crippen LogP contribution in [0.1, 0.15) is 27.5 Å². The van der Waals surface area contributed by atoms with Gasteiger partial charge in [-0.3, -0.25) is 9.80 Å². The van der Waals surface area contributed by atoms with Crippen LogP contribution in [0.4, 0.5) is 0 Å². The summed E-state index contributed by atoms with van der Waals surface area (Å²) in [6.07, 6.45) is 1.62. The minimum absolute atomic E-state index is 0. The minimum atomic E-state index is -0.293. The van der Waals surface area contributed by atoms with E-state index in [2.05, 4.69) is 80.4 Å². The largest absolute Gasteiger partial charge is 0.461 e. The number of hydrogen-bond donors (Lipinski definition) is 1.